The van der Waals surface area contributed by atoms with Crippen LogP contribution in [0.15, 0.2) is 12.3 Å². The number of carbonyl (C=O) groups excluding carboxylic acids is 1. The van der Waals surface area contributed by atoms with Crippen LogP contribution in [0.1, 0.15) is 38.8 Å². The van der Waals surface area contributed by atoms with Gasteiger partial charge in [0.1, 0.15) is 0 Å². The fourth-order valence-electron chi connectivity index (χ4n) is 2.50. The number of rotatable bonds is 3. The lowest BCUT2D eigenvalue weighted by atomic mass is 9.81. The van der Waals surface area contributed by atoms with Crippen molar-refractivity contribution in [1.82, 2.24) is 15.5 Å². The molecule has 4 nitrogen and oxygen atoms in total. The summed E-state index contributed by atoms with van der Waals surface area (Å²) in [6.45, 7) is 4.91. The number of carbonyl (C=O) groups is 1. The van der Waals surface area contributed by atoms with Crippen LogP contribution in [0.2, 0.25) is 0 Å². The normalized spacial score (nSPS) is 23.2. The van der Waals surface area contributed by atoms with Crippen molar-refractivity contribution in [3.05, 3.63) is 18.0 Å². The van der Waals surface area contributed by atoms with E-state index in [1.165, 1.54) is 0 Å². The zero-order valence-corrected chi connectivity index (χ0v) is 9.92. The molecule has 88 valence electrons. The molecule has 1 aromatic heterocycles. The lowest BCUT2D eigenvalue weighted by molar-refractivity contribution is -0.127. The van der Waals surface area contributed by atoms with Gasteiger partial charge in [-0.2, -0.15) is 5.10 Å². The number of hydrogen-bond donors (Lipinski definition) is 2. The number of H-pyrrole nitrogens is 1. The first-order chi connectivity index (χ1) is 7.59. The van der Waals surface area contributed by atoms with Crippen LogP contribution in [0.25, 0.3) is 0 Å². The molecular weight excluding hydrogens is 202 g/mol. The maximum Gasteiger partial charge on any atom is 0.223 e. The average Bonchev–Trinajstić information content (AvgIpc) is 2.83. The first-order valence-corrected chi connectivity index (χ1v) is 5.85. The predicted molar refractivity (Wildman–Crippen MR) is 61.6 cm³/mol. The Labute approximate surface area is 95.8 Å². The maximum atomic E-state index is 12.0. The molecule has 16 heavy (non-hydrogen) atoms. The van der Waals surface area contributed by atoms with Gasteiger partial charge in [-0.05, 0) is 24.3 Å². The van der Waals surface area contributed by atoms with Crippen LogP contribution in [-0.2, 0) is 11.3 Å². The summed E-state index contributed by atoms with van der Waals surface area (Å²) >= 11 is 0. The van der Waals surface area contributed by atoms with Crippen molar-refractivity contribution >= 4 is 5.91 Å². The summed E-state index contributed by atoms with van der Waals surface area (Å²) in [6, 6.07) is 1.88. The number of hydrogen-bond acceptors (Lipinski definition) is 2. The van der Waals surface area contributed by atoms with Crippen molar-refractivity contribution in [2.24, 2.45) is 11.3 Å². The topological polar surface area (TPSA) is 57.8 Å². The highest BCUT2D eigenvalue weighted by Gasteiger charge is 2.38. The molecule has 0 aliphatic heterocycles. The minimum absolute atomic E-state index is 0.151. The highest BCUT2D eigenvalue weighted by Crippen LogP contribution is 2.42. The number of nitrogens with zero attached hydrogens (tertiary/aromatic N) is 1. The van der Waals surface area contributed by atoms with Gasteiger partial charge in [-0.15, -0.1) is 0 Å². The van der Waals surface area contributed by atoms with E-state index in [-0.39, 0.29) is 17.2 Å². The highest BCUT2D eigenvalue weighted by molar-refractivity contribution is 5.79. The second-order valence-corrected chi connectivity index (χ2v) is 5.23. The van der Waals surface area contributed by atoms with E-state index in [1.54, 1.807) is 6.20 Å². The molecule has 1 aliphatic rings. The molecule has 0 bridgehead atoms. The van der Waals surface area contributed by atoms with Gasteiger partial charge in [-0.1, -0.05) is 20.3 Å². The van der Waals surface area contributed by atoms with E-state index in [9.17, 15) is 4.79 Å². The Kier molecular flexibility index (Phi) is 2.99. The zero-order valence-electron chi connectivity index (χ0n) is 9.92. The third-order valence-electron chi connectivity index (χ3n) is 3.59. The number of nitrogens with one attached hydrogen (secondary N) is 2. The number of aromatic amines is 1. The lowest BCUT2D eigenvalue weighted by Gasteiger charge is -2.25. The van der Waals surface area contributed by atoms with E-state index in [1.807, 2.05) is 6.07 Å². The van der Waals surface area contributed by atoms with Gasteiger partial charge in [0.05, 0.1) is 12.2 Å². The Morgan fingerprint density at radius 3 is 3.06 bits per heavy atom. The molecule has 1 atom stereocenters. The average molecular weight is 221 g/mol. The molecule has 1 unspecified atom stereocenters. The smallest absolute Gasteiger partial charge is 0.223 e. The van der Waals surface area contributed by atoms with E-state index in [2.05, 4.69) is 29.4 Å². The molecule has 1 fully saturated rings. The molecule has 1 aromatic rings. The minimum Gasteiger partial charge on any atom is -0.350 e. The summed E-state index contributed by atoms with van der Waals surface area (Å²) in [5, 5.41) is 9.66. The Balaban J connectivity index is 1.89. The standard InChI is InChI=1S/C12H19N3O/c1-12(2)6-3-4-10(12)11(16)13-8-9-5-7-14-15-9/h5,7,10H,3-4,6,8H2,1-2H3,(H,13,16)(H,14,15). The van der Waals surface area contributed by atoms with Crippen LogP contribution in [0.3, 0.4) is 0 Å². The van der Waals surface area contributed by atoms with Gasteiger partial charge in [0.25, 0.3) is 0 Å². The Bertz CT molecular complexity index is 356. The second-order valence-electron chi connectivity index (χ2n) is 5.23. The highest BCUT2D eigenvalue weighted by atomic mass is 16.1. The van der Waals surface area contributed by atoms with E-state index in [0.717, 1.165) is 25.0 Å². The SMILES string of the molecule is CC1(C)CCCC1C(=O)NCc1ccn[nH]1. The van der Waals surface area contributed by atoms with Crippen molar-refractivity contribution in [1.29, 1.82) is 0 Å². The van der Waals surface area contributed by atoms with Crippen molar-refractivity contribution in [2.45, 2.75) is 39.7 Å². The van der Waals surface area contributed by atoms with Crippen molar-refractivity contribution < 1.29 is 4.79 Å². The molecular formula is C12H19N3O. The first kappa shape index (κ1) is 11.2. The molecule has 0 aromatic carbocycles. The van der Waals surface area contributed by atoms with Crippen LogP contribution in [0, 0.1) is 11.3 Å². The Morgan fingerprint density at radius 1 is 1.69 bits per heavy atom. The van der Waals surface area contributed by atoms with Crippen molar-refractivity contribution in [3.63, 3.8) is 0 Å². The fraction of sp³-hybridized carbons (Fsp3) is 0.667. The molecule has 1 saturated carbocycles. The summed E-state index contributed by atoms with van der Waals surface area (Å²) < 4.78 is 0. The largest absolute Gasteiger partial charge is 0.350 e. The van der Waals surface area contributed by atoms with Crippen molar-refractivity contribution in [3.8, 4) is 0 Å². The van der Waals surface area contributed by atoms with E-state index in [4.69, 9.17) is 0 Å². The Morgan fingerprint density at radius 2 is 2.50 bits per heavy atom. The van der Waals surface area contributed by atoms with Crippen LogP contribution < -0.4 is 5.32 Å². The third kappa shape index (κ3) is 2.26. The quantitative estimate of drug-likeness (QED) is 0.818. The molecule has 1 amide bonds. The fourth-order valence-corrected chi connectivity index (χ4v) is 2.50. The molecule has 2 N–H and O–H groups in total. The van der Waals surface area contributed by atoms with Crippen LogP contribution in [0.4, 0.5) is 0 Å². The van der Waals surface area contributed by atoms with Crippen LogP contribution >= 0.6 is 0 Å². The van der Waals surface area contributed by atoms with E-state index >= 15 is 0 Å². The molecule has 2 rings (SSSR count). The maximum absolute atomic E-state index is 12.0. The monoisotopic (exact) mass is 221 g/mol. The van der Waals surface area contributed by atoms with E-state index < -0.39 is 0 Å². The minimum atomic E-state index is 0.151. The summed E-state index contributed by atoms with van der Waals surface area (Å²) in [6.07, 6.45) is 5.02. The summed E-state index contributed by atoms with van der Waals surface area (Å²) in [4.78, 5) is 12.0. The van der Waals surface area contributed by atoms with Gasteiger partial charge >= 0.3 is 0 Å². The molecule has 0 radical (unpaired) electrons. The summed E-state index contributed by atoms with van der Waals surface area (Å²) in [7, 11) is 0. The lowest BCUT2D eigenvalue weighted by Crippen LogP contribution is -2.35. The van der Waals surface area contributed by atoms with Gasteiger partial charge in [-0.25, -0.2) is 0 Å². The second kappa shape index (κ2) is 4.28. The molecule has 0 spiro atoms. The molecule has 0 saturated heterocycles. The van der Waals surface area contributed by atoms with Gasteiger partial charge in [-0.3, -0.25) is 9.89 Å². The van der Waals surface area contributed by atoms with Gasteiger partial charge in [0, 0.05) is 12.1 Å². The molecule has 1 aliphatic carbocycles. The van der Waals surface area contributed by atoms with Crippen LogP contribution in [0.5, 0.6) is 0 Å². The molecule has 4 heteroatoms. The number of amides is 1. The predicted octanol–water partition coefficient (Wildman–Crippen LogP) is 1.85. The third-order valence-corrected chi connectivity index (χ3v) is 3.59. The first-order valence-electron chi connectivity index (χ1n) is 5.85. The number of aromatic nitrogens is 2. The van der Waals surface area contributed by atoms with Gasteiger partial charge in [0.15, 0.2) is 0 Å². The zero-order chi connectivity index (χ0) is 11.6. The molecule has 1 heterocycles. The Hall–Kier alpha value is -1.32. The van der Waals surface area contributed by atoms with Gasteiger partial charge in [0.2, 0.25) is 5.91 Å². The van der Waals surface area contributed by atoms with Gasteiger partial charge < -0.3 is 5.32 Å². The van der Waals surface area contributed by atoms with Crippen LogP contribution in [-0.4, -0.2) is 16.1 Å². The van der Waals surface area contributed by atoms with E-state index in [0.29, 0.717) is 6.54 Å². The summed E-state index contributed by atoms with van der Waals surface area (Å²) in [5.41, 5.74) is 1.10. The summed E-state index contributed by atoms with van der Waals surface area (Å²) in [5.74, 6) is 0.340. The van der Waals surface area contributed by atoms with Crippen molar-refractivity contribution in [2.75, 3.05) is 0 Å².